The second-order valence-electron chi connectivity index (χ2n) is 9.97. The van der Waals surface area contributed by atoms with E-state index in [4.69, 9.17) is 16.3 Å². The number of alkyl halides is 4. The molecule has 5 nitrogen and oxygen atoms in total. The molecule has 1 aliphatic heterocycles. The molecule has 33 heavy (non-hydrogen) atoms. The quantitative estimate of drug-likeness (QED) is 0.517. The molecule has 1 aromatic carbocycles. The fourth-order valence-electron chi connectivity index (χ4n) is 5.77. The summed E-state index contributed by atoms with van der Waals surface area (Å²) in [7, 11) is 0. The van der Waals surface area contributed by atoms with Crippen LogP contribution in [0.1, 0.15) is 32.1 Å². The van der Waals surface area contributed by atoms with Crippen LogP contribution in [0.25, 0.3) is 10.9 Å². The van der Waals surface area contributed by atoms with E-state index in [1.807, 2.05) is 18.2 Å². The van der Waals surface area contributed by atoms with Crippen molar-refractivity contribution in [1.29, 1.82) is 0 Å². The fraction of sp³-hybridized carbons (Fsp3) is 0.625. The Morgan fingerprint density at radius 2 is 1.91 bits per heavy atom. The number of benzene rings is 1. The van der Waals surface area contributed by atoms with Gasteiger partial charge in [0, 0.05) is 41.5 Å². The normalized spacial score (nSPS) is 29.8. The minimum Gasteiger partial charge on any atom is -0.494 e. The van der Waals surface area contributed by atoms with E-state index < -0.39 is 12.7 Å². The Morgan fingerprint density at radius 1 is 1.18 bits per heavy atom. The number of nitrogens with one attached hydrogen (secondary N) is 2. The highest BCUT2D eigenvalue weighted by Crippen LogP contribution is 2.43. The van der Waals surface area contributed by atoms with Gasteiger partial charge >= 0.3 is 6.18 Å². The lowest BCUT2D eigenvalue weighted by Crippen LogP contribution is -2.34. The number of anilines is 1. The third-order valence-electron chi connectivity index (χ3n) is 7.48. The van der Waals surface area contributed by atoms with Gasteiger partial charge in [-0.2, -0.15) is 13.2 Å². The molecule has 9 heteroatoms. The molecule has 1 saturated heterocycles. The van der Waals surface area contributed by atoms with Crippen LogP contribution in [0, 0.1) is 23.7 Å². The number of hydrogen-bond donors (Lipinski definition) is 2. The third-order valence-corrected chi connectivity index (χ3v) is 7.84. The molecule has 2 aromatic rings. The molecule has 1 amide bonds. The third kappa shape index (κ3) is 5.27. The van der Waals surface area contributed by atoms with Crippen LogP contribution in [-0.2, 0) is 4.79 Å². The maximum atomic E-state index is 12.6. The fourth-order valence-corrected chi connectivity index (χ4v) is 6.20. The van der Waals surface area contributed by atoms with Crippen LogP contribution >= 0.6 is 11.6 Å². The number of likely N-dealkylation sites (tertiary alicyclic amines) is 1. The van der Waals surface area contributed by atoms with E-state index >= 15 is 0 Å². The van der Waals surface area contributed by atoms with Gasteiger partial charge in [-0.05, 0) is 68.1 Å². The summed E-state index contributed by atoms with van der Waals surface area (Å²) in [5.74, 6) is 1.99. The van der Waals surface area contributed by atoms with Crippen molar-refractivity contribution >= 4 is 34.1 Å². The number of rotatable bonds is 7. The van der Waals surface area contributed by atoms with E-state index in [1.54, 1.807) is 11.1 Å². The van der Waals surface area contributed by atoms with Gasteiger partial charge in [-0.1, -0.05) is 0 Å². The predicted octanol–water partition coefficient (Wildman–Crippen LogP) is 5.41. The number of amides is 1. The predicted molar refractivity (Wildman–Crippen MR) is 122 cm³/mol. The lowest BCUT2D eigenvalue weighted by atomic mass is 9.84. The van der Waals surface area contributed by atoms with E-state index in [1.165, 1.54) is 0 Å². The molecule has 1 aromatic heterocycles. The number of aromatic nitrogens is 1. The van der Waals surface area contributed by atoms with Crippen molar-refractivity contribution in [2.24, 2.45) is 23.7 Å². The number of fused-ring (bicyclic) bond motifs is 2. The molecule has 0 unspecified atom stereocenters. The Morgan fingerprint density at radius 3 is 2.58 bits per heavy atom. The van der Waals surface area contributed by atoms with E-state index in [2.05, 4.69) is 10.3 Å². The number of halogens is 4. The van der Waals surface area contributed by atoms with E-state index in [0.717, 1.165) is 41.6 Å². The maximum absolute atomic E-state index is 12.6. The average molecular weight is 484 g/mol. The number of ether oxygens (including phenoxy) is 1. The van der Waals surface area contributed by atoms with Crippen LogP contribution in [0.2, 0.25) is 0 Å². The Kier molecular flexibility index (Phi) is 6.25. The van der Waals surface area contributed by atoms with Gasteiger partial charge in [-0.25, -0.2) is 0 Å². The Balaban J connectivity index is 1.10. The van der Waals surface area contributed by atoms with Gasteiger partial charge < -0.3 is 15.0 Å². The molecule has 2 aliphatic carbocycles. The first-order valence-electron chi connectivity index (χ1n) is 11.7. The molecule has 2 N–H and O–H groups in total. The first-order valence-corrected chi connectivity index (χ1v) is 12.1. The molecule has 0 bridgehead atoms. The number of carbonyl (C=O) groups excluding carboxylic acids is 1. The van der Waals surface area contributed by atoms with Crippen molar-refractivity contribution in [2.75, 3.05) is 31.6 Å². The van der Waals surface area contributed by atoms with Crippen molar-refractivity contribution < 1.29 is 22.7 Å². The molecule has 0 radical (unpaired) electrons. The molecule has 180 valence electrons. The number of carbonyl (C=O) groups is 1. The minimum atomic E-state index is -4.11. The summed E-state index contributed by atoms with van der Waals surface area (Å²) in [6, 6.07) is 5.78. The summed E-state index contributed by atoms with van der Waals surface area (Å²) in [6.45, 7) is 0.915. The standard InChI is InChI=1S/C24H29ClF3N3O2/c25-18-7-15(8-18)23(32)30-22-10-29-21-2-1-19(9-20(21)22)33-4-3-14-5-16-11-31(12-17(16)6-14)13-24(26,27)28/h1-2,9-10,14-18,29H,3-8,11-13H2,(H,30,32)/t14-,15?,16-,17+,18?. The SMILES string of the molecule is O=C(Nc1c[nH]c2ccc(OCC[C@@H]3C[C@@H]4CN(CC(F)(F)F)C[C@@H]4C3)cc12)C1CC(Cl)C1. The zero-order valence-electron chi connectivity index (χ0n) is 18.3. The zero-order chi connectivity index (χ0) is 23.2. The van der Waals surface area contributed by atoms with Crippen LogP contribution < -0.4 is 10.1 Å². The first-order chi connectivity index (χ1) is 15.7. The highest BCUT2D eigenvalue weighted by molar-refractivity contribution is 6.21. The summed E-state index contributed by atoms with van der Waals surface area (Å²) in [6.07, 6.45) is 1.99. The van der Waals surface area contributed by atoms with Gasteiger partial charge in [0.25, 0.3) is 0 Å². The van der Waals surface area contributed by atoms with Crippen molar-refractivity contribution in [1.82, 2.24) is 9.88 Å². The summed E-state index contributed by atoms with van der Waals surface area (Å²) in [5, 5.41) is 4.00. The molecule has 5 rings (SSSR count). The Labute approximate surface area is 196 Å². The van der Waals surface area contributed by atoms with Gasteiger partial charge in [0.15, 0.2) is 0 Å². The van der Waals surface area contributed by atoms with Crippen molar-refractivity contribution in [3.63, 3.8) is 0 Å². The van der Waals surface area contributed by atoms with Gasteiger partial charge in [0.1, 0.15) is 5.75 Å². The molecule has 3 aliphatic rings. The van der Waals surface area contributed by atoms with Crippen LogP contribution in [0.5, 0.6) is 5.75 Å². The van der Waals surface area contributed by atoms with Crippen molar-refractivity contribution in [3.05, 3.63) is 24.4 Å². The van der Waals surface area contributed by atoms with E-state index in [-0.39, 0.29) is 17.2 Å². The maximum Gasteiger partial charge on any atom is 0.401 e. The Hall–Kier alpha value is -1.93. The number of aromatic amines is 1. The molecular formula is C24H29ClF3N3O2. The largest absolute Gasteiger partial charge is 0.494 e. The van der Waals surface area contributed by atoms with Crippen LogP contribution in [0.4, 0.5) is 18.9 Å². The second-order valence-corrected chi connectivity index (χ2v) is 10.6. The van der Waals surface area contributed by atoms with E-state index in [0.29, 0.717) is 50.3 Å². The number of nitrogens with zero attached hydrogens (tertiary/aromatic N) is 1. The lowest BCUT2D eigenvalue weighted by molar-refractivity contribution is -0.144. The number of H-pyrrole nitrogens is 1. The van der Waals surface area contributed by atoms with Crippen LogP contribution in [-0.4, -0.2) is 53.6 Å². The van der Waals surface area contributed by atoms with Crippen LogP contribution in [0.15, 0.2) is 24.4 Å². The smallest absolute Gasteiger partial charge is 0.401 e. The Bertz CT molecular complexity index is 990. The molecule has 2 saturated carbocycles. The van der Waals surface area contributed by atoms with Crippen molar-refractivity contribution in [3.8, 4) is 5.75 Å². The monoisotopic (exact) mass is 483 g/mol. The number of hydrogen-bond acceptors (Lipinski definition) is 3. The highest BCUT2D eigenvalue weighted by Gasteiger charge is 2.43. The van der Waals surface area contributed by atoms with Crippen molar-refractivity contribution in [2.45, 2.75) is 43.7 Å². The summed E-state index contributed by atoms with van der Waals surface area (Å²) >= 11 is 5.99. The second kappa shape index (κ2) is 9.02. The van der Waals surface area contributed by atoms with Gasteiger partial charge in [0.05, 0.1) is 18.8 Å². The highest BCUT2D eigenvalue weighted by atomic mass is 35.5. The zero-order valence-corrected chi connectivity index (χ0v) is 19.1. The molecule has 3 atom stereocenters. The van der Waals surface area contributed by atoms with Gasteiger partial charge in [0.2, 0.25) is 5.91 Å². The summed E-state index contributed by atoms with van der Waals surface area (Å²) < 4.78 is 43.9. The average Bonchev–Trinajstić information content (AvgIpc) is 3.37. The first kappa shape index (κ1) is 22.8. The van der Waals surface area contributed by atoms with Gasteiger partial charge in [-0.15, -0.1) is 11.6 Å². The lowest BCUT2D eigenvalue weighted by Gasteiger charge is -2.29. The van der Waals surface area contributed by atoms with Gasteiger partial charge in [-0.3, -0.25) is 9.69 Å². The molecule has 0 spiro atoms. The topological polar surface area (TPSA) is 57.4 Å². The molecule has 3 fully saturated rings. The minimum absolute atomic E-state index is 0.000275. The molecular weight excluding hydrogens is 455 g/mol. The van der Waals surface area contributed by atoms with E-state index in [9.17, 15) is 18.0 Å². The summed E-state index contributed by atoms with van der Waals surface area (Å²) in [4.78, 5) is 17.1. The summed E-state index contributed by atoms with van der Waals surface area (Å²) in [5.41, 5.74) is 1.67. The van der Waals surface area contributed by atoms with Crippen LogP contribution in [0.3, 0.4) is 0 Å². The molecule has 2 heterocycles.